The van der Waals surface area contributed by atoms with E-state index in [1.54, 1.807) is 0 Å². The van der Waals surface area contributed by atoms with Gasteiger partial charge in [-0.1, -0.05) is 194 Å². The molecule has 0 bridgehead atoms. The molecule has 290 valence electrons. The second kappa shape index (κ2) is 15.0. The average molecular weight is 806 g/mol. The Morgan fingerprint density at radius 2 is 0.790 bits per heavy atom. The van der Waals surface area contributed by atoms with Crippen molar-refractivity contribution >= 4 is 80.9 Å². The van der Waals surface area contributed by atoms with Gasteiger partial charge in [-0.25, -0.2) is 0 Å². The van der Waals surface area contributed by atoms with Gasteiger partial charge in [-0.2, -0.15) is 0 Å². The molecule has 0 saturated carbocycles. The van der Waals surface area contributed by atoms with Crippen molar-refractivity contribution in [2.45, 2.75) is 0 Å². The molecule has 0 N–H and O–H groups in total. The SMILES string of the molecule is c1cc(-c2cccc3c2sc2ccccc23)c(-c2cccc3ccccc23)c(N(c2ccc(-c3ccc4ccccc4c3)cc2)c2ccc(-c3cccc4ccccc34)cc2)c1. The number of benzene rings is 11. The van der Waals surface area contributed by atoms with Crippen LogP contribution in [0, 0.1) is 0 Å². The Morgan fingerprint density at radius 1 is 0.290 bits per heavy atom. The Labute approximate surface area is 365 Å². The number of anilines is 3. The quantitative estimate of drug-likeness (QED) is 0.155. The van der Waals surface area contributed by atoms with Gasteiger partial charge < -0.3 is 4.90 Å². The van der Waals surface area contributed by atoms with E-state index in [4.69, 9.17) is 0 Å². The topological polar surface area (TPSA) is 3.24 Å². The minimum Gasteiger partial charge on any atom is -0.310 e. The van der Waals surface area contributed by atoms with Crippen LogP contribution in [0.2, 0.25) is 0 Å². The Bertz CT molecular complexity index is 3620. The number of rotatable bonds is 7. The molecule has 12 aromatic rings. The van der Waals surface area contributed by atoms with Crippen molar-refractivity contribution in [1.82, 2.24) is 0 Å². The summed E-state index contributed by atoms with van der Waals surface area (Å²) in [5.41, 5.74) is 13.0. The van der Waals surface area contributed by atoms with Crippen molar-refractivity contribution < 1.29 is 0 Å². The van der Waals surface area contributed by atoms with E-state index in [0.29, 0.717) is 0 Å². The summed E-state index contributed by atoms with van der Waals surface area (Å²) in [5, 5.41) is 10.0. The molecule has 0 aliphatic rings. The molecule has 0 atom stereocenters. The van der Waals surface area contributed by atoms with Crippen molar-refractivity contribution in [3.8, 4) is 44.5 Å². The predicted octanol–water partition coefficient (Wildman–Crippen LogP) is 17.7. The number of nitrogens with zero attached hydrogens (tertiary/aromatic N) is 1. The molecule has 2 heteroatoms. The van der Waals surface area contributed by atoms with Crippen LogP contribution in [0.15, 0.2) is 237 Å². The molecule has 0 spiro atoms. The molecule has 1 nitrogen and oxygen atoms in total. The van der Waals surface area contributed by atoms with Gasteiger partial charge in [0, 0.05) is 42.7 Å². The minimum atomic E-state index is 1.09. The zero-order valence-electron chi connectivity index (χ0n) is 33.9. The zero-order chi connectivity index (χ0) is 41.0. The van der Waals surface area contributed by atoms with Crippen LogP contribution in [-0.2, 0) is 0 Å². The van der Waals surface area contributed by atoms with E-state index in [1.165, 1.54) is 97.0 Å². The standard InChI is InChI=1S/C60H39NS/c1-2-16-45-39-46(30-29-40(45)13-1)41-31-35-47(36-32-41)61(48-37-33-44(34-38-48)50-22-9-17-42-14-3-5-19-49(42)50)57-27-12-24-54(59(57)53-23-10-18-43-15-4-6-20-51(43)53)56-26-11-25-55-52-21-7-8-28-58(52)62-60(55)56/h1-39H. The van der Waals surface area contributed by atoms with Crippen LogP contribution in [0.25, 0.3) is 97.0 Å². The molecule has 12 rings (SSSR count). The molecular formula is C60H39NS. The van der Waals surface area contributed by atoms with Crippen LogP contribution in [0.5, 0.6) is 0 Å². The van der Waals surface area contributed by atoms with E-state index < -0.39 is 0 Å². The Balaban J connectivity index is 1.10. The first kappa shape index (κ1) is 36.1. The lowest BCUT2D eigenvalue weighted by molar-refractivity contribution is 1.28. The zero-order valence-corrected chi connectivity index (χ0v) is 34.7. The number of hydrogen-bond acceptors (Lipinski definition) is 2. The molecule has 11 aromatic carbocycles. The summed E-state index contributed by atoms with van der Waals surface area (Å²) >= 11 is 1.88. The van der Waals surface area contributed by atoms with Gasteiger partial charge in [0.2, 0.25) is 0 Å². The van der Waals surface area contributed by atoms with Gasteiger partial charge in [0.1, 0.15) is 0 Å². The third-order valence-electron chi connectivity index (χ3n) is 12.5. The summed E-state index contributed by atoms with van der Waals surface area (Å²) in [6.45, 7) is 0. The fourth-order valence-corrected chi connectivity index (χ4v) is 10.7. The molecule has 0 fully saturated rings. The first-order chi connectivity index (χ1) is 30.7. The maximum absolute atomic E-state index is 2.46. The molecule has 0 aliphatic carbocycles. The van der Waals surface area contributed by atoms with Crippen LogP contribution in [0.4, 0.5) is 17.1 Å². The summed E-state index contributed by atoms with van der Waals surface area (Å²) < 4.78 is 2.61. The summed E-state index contributed by atoms with van der Waals surface area (Å²) in [5.74, 6) is 0. The van der Waals surface area contributed by atoms with E-state index in [1.807, 2.05) is 11.3 Å². The maximum atomic E-state index is 2.46. The Hall–Kier alpha value is -7.78. The number of hydrogen-bond donors (Lipinski definition) is 0. The van der Waals surface area contributed by atoms with Crippen LogP contribution in [0.1, 0.15) is 0 Å². The number of fused-ring (bicyclic) bond motifs is 6. The summed E-state index contributed by atoms with van der Waals surface area (Å²) in [4.78, 5) is 2.46. The highest BCUT2D eigenvalue weighted by Gasteiger charge is 2.24. The molecule has 0 amide bonds. The molecule has 0 aliphatic heterocycles. The van der Waals surface area contributed by atoms with E-state index >= 15 is 0 Å². The summed E-state index contributed by atoms with van der Waals surface area (Å²) in [7, 11) is 0. The van der Waals surface area contributed by atoms with Crippen molar-refractivity contribution in [2.24, 2.45) is 0 Å². The molecule has 1 heterocycles. The largest absolute Gasteiger partial charge is 0.310 e. The highest BCUT2D eigenvalue weighted by Crippen LogP contribution is 2.50. The van der Waals surface area contributed by atoms with Crippen LogP contribution >= 0.6 is 11.3 Å². The molecule has 0 saturated heterocycles. The molecule has 0 radical (unpaired) electrons. The smallest absolute Gasteiger partial charge is 0.0546 e. The van der Waals surface area contributed by atoms with Crippen molar-refractivity contribution in [2.75, 3.05) is 4.90 Å². The van der Waals surface area contributed by atoms with Crippen LogP contribution in [0.3, 0.4) is 0 Å². The summed E-state index contributed by atoms with van der Waals surface area (Å²) in [6.07, 6.45) is 0. The van der Waals surface area contributed by atoms with Gasteiger partial charge in [-0.05, 0) is 108 Å². The molecular weight excluding hydrogens is 767 g/mol. The van der Waals surface area contributed by atoms with Crippen molar-refractivity contribution in [3.05, 3.63) is 237 Å². The molecule has 62 heavy (non-hydrogen) atoms. The number of thiophene rings is 1. The van der Waals surface area contributed by atoms with Gasteiger partial charge in [-0.15, -0.1) is 11.3 Å². The molecule has 0 unspecified atom stereocenters. The van der Waals surface area contributed by atoms with Gasteiger partial charge in [0.15, 0.2) is 0 Å². The lowest BCUT2D eigenvalue weighted by atomic mass is 9.88. The normalized spacial score (nSPS) is 11.5. The van der Waals surface area contributed by atoms with Gasteiger partial charge in [0.05, 0.1) is 5.69 Å². The monoisotopic (exact) mass is 805 g/mol. The first-order valence-electron chi connectivity index (χ1n) is 21.2. The maximum Gasteiger partial charge on any atom is 0.0546 e. The fraction of sp³-hybridized carbons (Fsp3) is 0. The predicted molar refractivity (Wildman–Crippen MR) is 268 cm³/mol. The molecule has 1 aromatic heterocycles. The highest BCUT2D eigenvalue weighted by atomic mass is 32.1. The van der Waals surface area contributed by atoms with Crippen LogP contribution in [-0.4, -0.2) is 0 Å². The Morgan fingerprint density at radius 3 is 1.53 bits per heavy atom. The second-order valence-corrected chi connectivity index (χ2v) is 17.1. The average Bonchev–Trinajstić information content (AvgIpc) is 3.73. The van der Waals surface area contributed by atoms with Crippen LogP contribution < -0.4 is 4.90 Å². The highest BCUT2D eigenvalue weighted by molar-refractivity contribution is 7.26. The Kier molecular flexibility index (Phi) is 8.76. The third kappa shape index (κ3) is 6.15. The fourth-order valence-electron chi connectivity index (χ4n) is 9.50. The lowest BCUT2D eigenvalue weighted by Crippen LogP contribution is -2.12. The van der Waals surface area contributed by atoms with E-state index in [0.717, 1.165) is 17.1 Å². The minimum absolute atomic E-state index is 1.09. The van der Waals surface area contributed by atoms with Crippen molar-refractivity contribution in [3.63, 3.8) is 0 Å². The van der Waals surface area contributed by atoms with E-state index in [9.17, 15) is 0 Å². The van der Waals surface area contributed by atoms with Crippen molar-refractivity contribution in [1.29, 1.82) is 0 Å². The van der Waals surface area contributed by atoms with E-state index in [2.05, 4.69) is 241 Å². The van der Waals surface area contributed by atoms with Gasteiger partial charge >= 0.3 is 0 Å². The van der Waals surface area contributed by atoms with E-state index in [-0.39, 0.29) is 0 Å². The summed E-state index contributed by atoms with van der Waals surface area (Å²) in [6, 6.07) is 86.9. The first-order valence-corrected chi connectivity index (χ1v) is 22.1. The van der Waals surface area contributed by atoms with Gasteiger partial charge in [0.25, 0.3) is 0 Å². The van der Waals surface area contributed by atoms with Gasteiger partial charge in [-0.3, -0.25) is 0 Å². The lowest BCUT2D eigenvalue weighted by Gasteiger charge is -2.30. The third-order valence-corrected chi connectivity index (χ3v) is 13.7. The second-order valence-electron chi connectivity index (χ2n) is 16.0.